The van der Waals surface area contributed by atoms with E-state index in [1.165, 1.54) is 12.1 Å². The number of hydrogen-bond acceptors (Lipinski definition) is 3. The van der Waals surface area contributed by atoms with Crippen molar-refractivity contribution < 1.29 is 22.8 Å². The van der Waals surface area contributed by atoms with E-state index in [9.17, 15) is 22.8 Å². The van der Waals surface area contributed by atoms with E-state index in [2.05, 4.69) is 16.0 Å². The third-order valence-electron chi connectivity index (χ3n) is 6.98. The fraction of sp³-hybridized carbons (Fsp3) is 0.636. The number of benzene rings is 1. The third-order valence-corrected chi connectivity index (χ3v) is 6.98. The Morgan fingerprint density at radius 3 is 2.17 bits per heavy atom. The molecule has 3 unspecified atom stereocenters. The molecule has 1 heterocycles. The molecule has 164 valence electrons. The zero-order valence-electron chi connectivity index (χ0n) is 17.0. The van der Waals surface area contributed by atoms with Crippen molar-refractivity contribution in [3.05, 3.63) is 35.4 Å². The molecule has 4 rings (SSSR count). The highest BCUT2D eigenvalue weighted by Crippen LogP contribution is 2.39. The summed E-state index contributed by atoms with van der Waals surface area (Å²) in [6, 6.07) is 3.73. The summed E-state index contributed by atoms with van der Waals surface area (Å²) < 4.78 is 38.4. The number of carbonyl (C=O) groups is 2. The number of alkyl halides is 3. The molecule has 8 heteroatoms. The maximum Gasteiger partial charge on any atom is 0.416 e. The minimum Gasteiger partial charge on any atom is -0.348 e. The third kappa shape index (κ3) is 4.19. The molecule has 2 saturated carbocycles. The van der Waals surface area contributed by atoms with E-state index in [1.807, 2.05) is 0 Å². The largest absolute Gasteiger partial charge is 0.416 e. The summed E-state index contributed by atoms with van der Waals surface area (Å²) in [6.45, 7) is 1.74. The van der Waals surface area contributed by atoms with Crippen LogP contribution in [0, 0.1) is 17.8 Å². The van der Waals surface area contributed by atoms with Gasteiger partial charge in [-0.2, -0.15) is 13.2 Å². The molecule has 0 bridgehead atoms. The van der Waals surface area contributed by atoms with Gasteiger partial charge < -0.3 is 10.6 Å². The van der Waals surface area contributed by atoms with E-state index in [4.69, 9.17) is 0 Å². The second-order valence-corrected chi connectivity index (χ2v) is 8.89. The van der Waals surface area contributed by atoms with Gasteiger partial charge in [-0.15, -0.1) is 0 Å². The lowest BCUT2D eigenvalue weighted by Crippen LogP contribution is -2.69. The Labute approximate surface area is 174 Å². The second kappa shape index (κ2) is 8.21. The zero-order chi connectivity index (χ0) is 21.5. The summed E-state index contributed by atoms with van der Waals surface area (Å²) in [5.74, 6) is -0.193. The van der Waals surface area contributed by atoms with Gasteiger partial charge in [-0.3, -0.25) is 14.9 Å². The summed E-state index contributed by atoms with van der Waals surface area (Å²) >= 11 is 0. The number of carbonyl (C=O) groups excluding carboxylic acids is 2. The highest BCUT2D eigenvalue weighted by Gasteiger charge is 2.48. The molecule has 3 N–H and O–H groups in total. The van der Waals surface area contributed by atoms with Crippen LogP contribution in [-0.4, -0.2) is 24.0 Å². The van der Waals surface area contributed by atoms with Crippen LogP contribution in [0.5, 0.6) is 0 Å². The first kappa shape index (κ1) is 21.2. The van der Waals surface area contributed by atoms with Crippen LogP contribution in [0.2, 0.25) is 0 Å². The van der Waals surface area contributed by atoms with E-state index < -0.39 is 29.7 Å². The number of amides is 2. The fourth-order valence-corrected chi connectivity index (χ4v) is 4.64. The molecular formula is C22H28F3N3O2. The van der Waals surface area contributed by atoms with Gasteiger partial charge in [0.1, 0.15) is 6.04 Å². The van der Waals surface area contributed by atoms with Crippen LogP contribution >= 0.6 is 0 Å². The smallest absolute Gasteiger partial charge is 0.348 e. The first-order valence-electron chi connectivity index (χ1n) is 10.8. The van der Waals surface area contributed by atoms with Gasteiger partial charge in [0.2, 0.25) is 11.8 Å². The molecule has 5 nitrogen and oxygen atoms in total. The molecule has 3 aliphatic rings. The maximum atomic E-state index is 13.1. The number of hydrogen-bond donors (Lipinski definition) is 3. The van der Waals surface area contributed by atoms with Crippen molar-refractivity contribution in [3.8, 4) is 0 Å². The Morgan fingerprint density at radius 1 is 1.07 bits per heavy atom. The quantitative estimate of drug-likeness (QED) is 0.679. The molecule has 0 aromatic heterocycles. The molecule has 1 aromatic rings. The minimum absolute atomic E-state index is 0.0577. The first-order valence-corrected chi connectivity index (χ1v) is 10.8. The fourth-order valence-electron chi connectivity index (χ4n) is 4.64. The van der Waals surface area contributed by atoms with Crippen molar-refractivity contribution >= 4 is 11.8 Å². The van der Waals surface area contributed by atoms with Crippen LogP contribution in [0.25, 0.3) is 0 Å². The lowest BCUT2D eigenvalue weighted by atomic mass is 9.70. The summed E-state index contributed by atoms with van der Waals surface area (Å²) in [7, 11) is 0. The average molecular weight is 423 g/mol. The molecule has 0 radical (unpaired) electrons. The van der Waals surface area contributed by atoms with Crippen molar-refractivity contribution in [2.75, 3.05) is 0 Å². The maximum absolute atomic E-state index is 13.1. The van der Waals surface area contributed by atoms with Gasteiger partial charge in [0, 0.05) is 0 Å². The highest BCUT2D eigenvalue weighted by molar-refractivity contribution is 5.92. The van der Waals surface area contributed by atoms with Gasteiger partial charge in [-0.05, 0) is 62.1 Å². The molecule has 1 saturated heterocycles. The van der Waals surface area contributed by atoms with E-state index >= 15 is 0 Å². The first-order chi connectivity index (χ1) is 14.2. The lowest BCUT2D eigenvalue weighted by molar-refractivity contribution is -0.142. The predicted octanol–water partition coefficient (Wildman–Crippen LogP) is 3.51. The molecule has 4 atom stereocenters. The predicted molar refractivity (Wildman–Crippen MR) is 105 cm³/mol. The highest BCUT2D eigenvalue weighted by atomic mass is 19.4. The van der Waals surface area contributed by atoms with Crippen LogP contribution in [0.3, 0.4) is 0 Å². The normalized spacial score (nSPS) is 28.8. The Hall–Kier alpha value is -2.09. The molecule has 0 spiro atoms. The Bertz CT molecular complexity index is 788. The summed E-state index contributed by atoms with van der Waals surface area (Å²) in [5, 5.41) is 9.36. The molecule has 1 aromatic carbocycles. The Balaban J connectivity index is 1.46. The van der Waals surface area contributed by atoms with Gasteiger partial charge in [0.15, 0.2) is 0 Å². The lowest BCUT2D eigenvalue weighted by Gasteiger charge is -2.46. The summed E-state index contributed by atoms with van der Waals surface area (Å²) in [5.41, 5.74) is -0.129. The summed E-state index contributed by atoms with van der Waals surface area (Å²) in [6.07, 6.45) is 1.54. The van der Waals surface area contributed by atoms with Crippen LogP contribution in [-0.2, 0) is 15.8 Å². The van der Waals surface area contributed by atoms with E-state index in [-0.39, 0.29) is 23.9 Å². The topological polar surface area (TPSA) is 70.2 Å². The van der Waals surface area contributed by atoms with Crippen molar-refractivity contribution in [1.29, 1.82) is 0 Å². The van der Waals surface area contributed by atoms with Crippen LogP contribution in [0.15, 0.2) is 24.3 Å². The number of halogens is 3. The van der Waals surface area contributed by atoms with Crippen LogP contribution in [0.1, 0.15) is 62.6 Å². The Morgan fingerprint density at radius 2 is 1.67 bits per heavy atom. The van der Waals surface area contributed by atoms with Crippen molar-refractivity contribution in [2.45, 2.75) is 69.9 Å². The van der Waals surface area contributed by atoms with Crippen molar-refractivity contribution in [3.63, 3.8) is 0 Å². The molecule has 2 amide bonds. The number of rotatable bonds is 5. The zero-order valence-corrected chi connectivity index (χ0v) is 17.0. The van der Waals surface area contributed by atoms with Gasteiger partial charge in [0.05, 0.1) is 23.7 Å². The van der Waals surface area contributed by atoms with E-state index in [0.29, 0.717) is 11.5 Å². The van der Waals surface area contributed by atoms with Gasteiger partial charge in [-0.25, -0.2) is 0 Å². The van der Waals surface area contributed by atoms with Gasteiger partial charge >= 0.3 is 6.18 Å². The average Bonchev–Trinajstić information content (AvgIpc) is 2.60. The molecule has 3 fully saturated rings. The Kier molecular flexibility index (Phi) is 5.79. The minimum atomic E-state index is -4.39. The monoisotopic (exact) mass is 423 g/mol. The summed E-state index contributed by atoms with van der Waals surface area (Å²) in [4.78, 5) is 26.0. The van der Waals surface area contributed by atoms with Gasteiger partial charge in [-0.1, -0.05) is 25.0 Å². The second-order valence-electron chi connectivity index (χ2n) is 8.89. The standard InChI is InChI=1S/C22H28F3N3O2/c1-12(13-8-10-16(11-9-13)22(23,24)25)26-21(30)18-17(14-4-2-5-14)20(29)28-19(27-18)15-6-3-7-15/h8-12,14-15,17-19,27H,2-7H2,1H3,(H,26,30)(H,28,29)/t12-,17?,18?,19?/m1/s1. The van der Waals surface area contributed by atoms with Crippen LogP contribution < -0.4 is 16.0 Å². The molecule has 2 aliphatic carbocycles. The molecule has 30 heavy (non-hydrogen) atoms. The number of nitrogens with one attached hydrogen (secondary N) is 3. The SMILES string of the molecule is C[C@@H](NC(=O)C1NC(C2CCC2)NC(=O)C1C1CCC1)c1ccc(C(F)(F)F)cc1. The van der Waals surface area contributed by atoms with Gasteiger partial charge in [0.25, 0.3) is 0 Å². The molecular weight excluding hydrogens is 395 g/mol. The van der Waals surface area contributed by atoms with Crippen molar-refractivity contribution in [2.24, 2.45) is 17.8 Å². The van der Waals surface area contributed by atoms with Crippen molar-refractivity contribution in [1.82, 2.24) is 16.0 Å². The molecule has 1 aliphatic heterocycles. The van der Waals surface area contributed by atoms with E-state index in [1.54, 1.807) is 6.92 Å². The van der Waals surface area contributed by atoms with E-state index in [0.717, 1.165) is 50.7 Å². The van der Waals surface area contributed by atoms with Crippen LogP contribution in [0.4, 0.5) is 13.2 Å².